The third-order valence-corrected chi connectivity index (χ3v) is 5.41. The van der Waals surface area contributed by atoms with E-state index in [1.165, 1.54) is 12.1 Å². The van der Waals surface area contributed by atoms with E-state index in [4.69, 9.17) is 15.7 Å². The van der Waals surface area contributed by atoms with E-state index in [-0.39, 0.29) is 18.9 Å². The lowest BCUT2D eigenvalue weighted by Crippen LogP contribution is -2.49. The highest BCUT2D eigenvalue weighted by Gasteiger charge is 2.43. The van der Waals surface area contributed by atoms with Crippen LogP contribution in [-0.2, 0) is 15.1 Å². The monoisotopic (exact) mass is 395 g/mol. The number of cyclic esters (lactones) is 1. The molecule has 1 aliphatic rings. The third-order valence-electron chi connectivity index (χ3n) is 5.41. The van der Waals surface area contributed by atoms with Crippen molar-refractivity contribution in [1.29, 1.82) is 5.26 Å². The highest BCUT2D eigenvalue weighted by Crippen LogP contribution is 2.40. The molecule has 0 bridgehead atoms. The fourth-order valence-electron chi connectivity index (χ4n) is 3.64. The van der Waals surface area contributed by atoms with E-state index in [2.05, 4.69) is 6.07 Å². The van der Waals surface area contributed by atoms with Crippen molar-refractivity contribution in [3.8, 4) is 6.07 Å². The van der Waals surface area contributed by atoms with E-state index in [0.29, 0.717) is 24.1 Å². The van der Waals surface area contributed by atoms with E-state index >= 15 is 0 Å². The van der Waals surface area contributed by atoms with Crippen LogP contribution in [-0.4, -0.2) is 23.4 Å². The van der Waals surface area contributed by atoms with Gasteiger partial charge in [-0.3, -0.25) is 4.79 Å². The van der Waals surface area contributed by atoms with Crippen molar-refractivity contribution in [2.24, 2.45) is 5.73 Å². The number of amides is 2. The Balaban J connectivity index is 1.83. The molecule has 0 aromatic heterocycles. The van der Waals surface area contributed by atoms with Gasteiger partial charge >= 0.3 is 6.09 Å². The number of rotatable bonds is 6. The number of carbonyl (C=O) groups excluding carboxylic acids is 2. The first kappa shape index (κ1) is 20.3. The lowest BCUT2D eigenvalue weighted by molar-refractivity contribution is -0.121. The Labute approximate surface area is 168 Å². The van der Waals surface area contributed by atoms with E-state index in [0.717, 1.165) is 5.56 Å². The third kappa shape index (κ3) is 4.37. The van der Waals surface area contributed by atoms with Crippen molar-refractivity contribution < 1.29 is 18.7 Å². The number of nitrogens with zero attached hydrogens (tertiary/aromatic N) is 2. The second-order valence-electron chi connectivity index (χ2n) is 7.19. The molecule has 3 rings (SSSR count). The van der Waals surface area contributed by atoms with Crippen molar-refractivity contribution in [1.82, 2.24) is 4.90 Å². The largest absolute Gasteiger partial charge is 0.438 e. The Morgan fingerprint density at radius 1 is 1.28 bits per heavy atom. The fourth-order valence-corrected chi connectivity index (χ4v) is 3.64. The van der Waals surface area contributed by atoms with Crippen LogP contribution in [0.15, 0.2) is 48.5 Å². The minimum absolute atomic E-state index is 0.0514. The average Bonchev–Trinajstić information content (AvgIpc) is 2.72. The summed E-state index contributed by atoms with van der Waals surface area (Å²) in [6.45, 7) is 2.28. The van der Waals surface area contributed by atoms with Crippen molar-refractivity contribution >= 4 is 12.0 Å². The van der Waals surface area contributed by atoms with E-state index in [1.807, 2.05) is 19.1 Å². The Kier molecular flexibility index (Phi) is 5.83. The first-order valence-corrected chi connectivity index (χ1v) is 9.39. The molecule has 1 fully saturated rings. The standard InChI is InChI=1S/C22H22FN3O3/c1-15(17-4-2-16(14-24)3-5-17)26-13-12-22(29-21(26)28,11-10-20(25)27)18-6-8-19(23)9-7-18/h2-9,15H,10-13H2,1H3,(H2,25,27)/t15-,22+/m0/s1. The predicted octanol–water partition coefficient (Wildman–Crippen LogP) is 3.76. The van der Waals surface area contributed by atoms with E-state index < -0.39 is 23.4 Å². The molecule has 2 N–H and O–H groups in total. The summed E-state index contributed by atoms with van der Waals surface area (Å²) in [7, 11) is 0. The Morgan fingerprint density at radius 2 is 1.93 bits per heavy atom. The minimum Gasteiger partial charge on any atom is -0.438 e. The van der Waals surface area contributed by atoms with Gasteiger partial charge in [0.2, 0.25) is 5.91 Å². The van der Waals surface area contributed by atoms with Crippen LogP contribution in [0.3, 0.4) is 0 Å². The van der Waals surface area contributed by atoms with Crippen LogP contribution in [0.5, 0.6) is 0 Å². The zero-order valence-electron chi connectivity index (χ0n) is 16.1. The van der Waals surface area contributed by atoms with Gasteiger partial charge in [0.25, 0.3) is 0 Å². The maximum absolute atomic E-state index is 13.4. The fraction of sp³-hybridized carbons (Fsp3) is 0.318. The SMILES string of the molecule is C[C@@H](c1ccc(C#N)cc1)N1CC[C@](CCC(N)=O)(c2ccc(F)cc2)OC1=O. The van der Waals surface area contributed by atoms with E-state index in [9.17, 15) is 14.0 Å². The van der Waals surface area contributed by atoms with Gasteiger partial charge in [0.15, 0.2) is 0 Å². The zero-order chi connectivity index (χ0) is 21.0. The zero-order valence-corrected chi connectivity index (χ0v) is 16.1. The van der Waals surface area contributed by atoms with Crippen LogP contribution in [0, 0.1) is 17.1 Å². The molecule has 2 amide bonds. The summed E-state index contributed by atoms with van der Waals surface area (Å²) in [6, 6.07) is 14.6. The van der Waals surface area contributed by atoms with Gasteiger partial charge in [0.05, 0.1) is 17.7 Å². The lowest BCUT2D eigenvalue weighted by Gasteiger charge is -2.43. The van der Waals surface area contributed by atoms with Gasteiger partial charge in [-0.2, -0.15) is 5.26 Å². The molecule has 2 aromatic carbocycles. The summed E-state index contributed by atoms with van der Waals surface area (Å²) in [5.74, 6) is -0.882. The molecule has 7 heteroatoms. The molecule has 150 valence electrons. The van der Waals surface area contributed by atoms with Gasteiger partial charge in [-0.1, -0.05) is 24.3 Å². The number of benzene rings is 2. The average molecular weight is 395 g/mol. The number of carbonyl (C=O) groups is 2. The molecule has 0 aliphatic carbocycles. The highest BCUT2D eigenvalue weighted by atomic mass is 19.1. The second-order valence-corrected chi connectivity index (χ2v) is 7.19. The summed E-state index contributed by atoms with van der Waals surface area (Å²) < 4.78 is 19.2. The van der Waals surface area contributed by atoms with Crippen LogP contribution < -0.4 is 5.73 Å². The number of nitrogens with two attached hydrogens (primary N) is 1. The maximum Gasteiger partial charge on any atom is 0.411 e. The van der Waals surface area contributed by atoms with Gasteiger partial charge in [-0.15, -0.1) is 0 Å². The summed E-state index contributed by atoms with van der Waals surface area (Å²) in [5.41, 5.74) is 6.35. The van der Waals surface area contributed by atoms with Crippen LogP contribution in [0.2, 0.25) is 0 Å². The van der Waals surface area contributed by atoms with Gasteiger partial charge in [0, 0.05) is 25.8 Å². The van der Waals surface area contributed by atoms with Crippen LogP contribution in [0.1, 0.15) is 48.9 Å². The van der Waals surface area contributed by atoms with Gasteiger partial charge < -0.3 is 15.4 Å². The van der Waals surface area contributed by atoms with Crippen LogP contribution >= 0.6 is 0 Å². The summed E-state index contributed by atoms with van der Waals surface area (Å²) in [4.78, 5) is 25.8. The normalized spacial score (nSPS) is 19.9. The molecule has 6 nitrogen and oxygen atoms in total. The molecule has 2 aromatic rings. The summed E-state index contributed by atoms with van der Waals surface area (Å²) >= 11 is 0. The number of primary amides is 1. The molecular weight excluding hydrogens is 373 g/mol. The number of hydrogen-bond donors (Lipinski definition) is 1. The smallest absolute Gasteiger partial charge is 0.411 e. The Hall–Kier alpha value is -3.40. The molecule has 29 heavy (non-hydrogen) atoms. The molecule has 0 saturated carbocycles. The molecule has 1 heterocycles. The van der Waals surface area contributed by atoms with Crippen molar-refractivity contribution in [2.45, 2.75) is 37.8 Å². The van der Waals surface area contributed by atoms with Crippen molar-refractivity contribution in [3.63, 3.8) is 0 Å². The molecule has 2 atom stereocenters. The molecule has 0 radical (unpaired) electrons. The number of halogens is 1. The highest BCUT2D eigenvalue weighted by molar-refractivity contribution is 5.74. The van der Waals surface area contributed by atoms with Crippen molar-refractivity contribution in [3.05, 3.63) is 71.0 Å². The predicted molar refractivity (Wildman–Crippen MR) is 104 cm³/mol. The maximum atomic E-state index is 13.4. The Morgan fingerprint density at radius 3 is 2.48 bits per heavy atom. The first-order valence-electron chi connectivity index (χ1n) is 9.39. The lowest BCUT2D eigenvalue weighted by atomic mass is 9.84. The molecule has 1 aliphatic heterocycles. The first-order chi connectivity index (χ1) is 13.8. The quantitative estimate of drug-likeness (QED) is 0.805. The topological polar surface area (TPSA) is 96.4 Å². The Bertz CT molecular complexity index is 937. The number of hydrogen-bond acceptors (Lipinski definition) is 4. The second kappa shape index (κ2) is 8.31. The van der Waals surface area contributed by atoms with Crippen LogP contribution in [0.4, 0.5) is 9.18 Å². The molecule has 1 saturated heterocycles. The van der Waals surface area contributed by atoms with Gasteiger partial charge in [-0.25, -0.2) is 9.18 Å². The molecular formula is C22H22FN3O3. The molecule has 0 unspecified atom stereocenters. The summed E-state index contributed by atoms with van der Waals surface area (Å²) in [6.07, 6.45) is 0.217. The number of nitriles is 1. The van der Waals surface area contributed by atoms with Crippen LogP contribution in [0.25, 0.3) is 0 Å². The van der Waals surface area contributed by atoms with Gasteiger partial charge in [0.1, 0.15) is 11.4 Å². The molecule has 0 spiro atoms. The summed E-state index contributed by atoms with van der Waals surface area (Å²) in [5, 5.41) is 8.94. The van der Waals surface area contributed by atoms with Crippen molar-refractivity contribution in [2.75, 3.05) is 6.54 Å². The minimum atomic E-state index is -1.03. The van der Waals surface area contributed by atoms with E-state index in [1.54, 1.807) is 29.2 Å². The number of ether oxygens (including phenoxy) is 1. The van der Waals surface area contributed by atoms with Gasteiger partial charge in [-0.05, 0) is 42.3 Å².